The first kappa shape index (κ1) is 17.1. The van der Waals surface area contributed by atoms with Gasteiger partial charge in [0.05, 0.1) is 6.04 Å². The molecule has 1 aliphatic rings. The number of rotatable bonds is 3. The van der Waals surface area contributed by atoms with Crippen molar-refractivity contribution in [2.75, 3.05) is 11.4 Å². The lowest BCUT2D eigenvalue weighted by atomic mass is 10.2. The molecule has 1 aliphatic heterocycles. The molecule has 0 saturated carbocycles. The average molecular weight is 363 g/mol. The molecule has 2 aromatic carbocycles. The molecule has 0 bridgehead atoms. The molecule has 0 unspecified atom stereocenters. The second-order valence-electron chi connectivity index (χ2n) is 6.73. The Morgan fingerprint density at radius 1 is 1.19 bits per heavy atom. The highest BCUT2D eigenvalue weighted by atomic mass is 19.1. The van der Waals surface area contributed by atoms with Gasteiger partial charge in [0, 0.05) is 24.0 Å². The summed E-state index contributed by atoms with van der Waals surface area (Å²) < 4.78 is 13.9. The number of hydrogen-bond acceptors (Lipinski definition) is 3. The van der Waals surface area contributed by atoms with Crippen LogP contribution in [0.5, 0.6) is 0 Å². The van der Waals surface area contributed by atoms with Crippen LogP contribution in [0.25, 0.3) is 10.9 Å². The van der Waals surface area contributed by atoms with Gasteiger partial charge in [-0.05, 0) is 36.8 Å². The van der Waals surface area contributed by atoms with Gasteiger partial charge in [-0.2, -0.15) is 0 Å². The van der Waals surface area contributed by atoms with E-state index in [1.54, 1.807) is 29.2 Å². The third-order valence-corrected chi connectivity index (χ3v) is 4.68. The van der Waals surface area contributed by atoms with Crippen LogP contribution in [0.1, 0.15) is 22.5 Å². The van der Waals surface area contributed by atoms with Crippen LogP contribution in [0.15, 0.2) is 54.6 Å². The number of hydrogen-bond donors (Lipinski definition) is 1. The zero-order valence-electron chi connectivity index (χ0n) is 14.8. The molecule has 1 fully saturated rings. The second-order valence-corrected chi connectivity index (χ2v) is 6.73. The molecule has 2 amide bonds. The van der Waals surface area contributed by atoms with Gasteiger partial charge in [0.25, 0.3) is 5.91 Å². The standard InChI is InChI=1S/C21H18FN3O2/c1-13-4-2-6-16(10-13)25-12-15(11-19(25)26)23-21(27)18-9-8-14-5-3-7-17(22)20(14)24-18/h2-10,15H,11-12H2,1H3,(H,23,27)/t15-/m1/s1. The van der Waals surface area contributed by atoms with Crippen LogP contribution in [0.4, 0.5) is 10.1 Å². The SMILES string of the molecule is Cc1cccc(N2C[C@H](NC(=O)c3ccc4cccc(F)c4n3)CC2=O)c1. The molecule has 1 saturated heterocycles. The van der Waals surface area contributed by atoms with E-state index < -0.39 is 11.7 Å². The van der Waals surface area contributed by atoms with E-state index in [9.17, 15) is 14.0 Å². The summed E-state index contributed by atoms with van der Waals surface area (Å²) in [6, 6.07) is 15.2. The van der Waals surface area contributed by atoms with Crippen molar-refractivity contribution in [3.05, 3.63) is 71.7 Å². The number of nitrogens with zero attached hydrogens (tertiary/aromatic N) is 2. The Morgan fingerprint density at radius 3 is 2.81 bits per heavy atom. The lowest BCUT2D eigenvalue weighted by Crippen LogP contribution is -2.37. The molecular weight excluding hydrogens is 345 g/mol. The van der Waals surface area contributed by atoms with Crippen molar-refractivity contribution in [2.24, 2.45) is 0 Å². The van der Waals surface area contributed by atoms with E-state index in [0.29, 0.717) is 11.9 Å². The number of fused-ring (bicyclic) bond motifs is 1. The first-order chi connectivity index (χ1) is 13.0. The maximum absolute atomic E-state index is 13.9. The van der Waals surface area contributed by atoms with Crippen LogP contribution >= 0.6 is 0 Å². The highest BCUT2D eigenvalue weighted by molar-refractivity contribution is 5.99. The van der Waals surface area contributed by atoms with Crippen molar-refractivity contribution in [3.8, 4) is 0 Å². The van der Waals surface area contributed by atoms with Crippen molar-refractivity contribution in [1.82, 2.24) is 10.3 Å². The van der Waals surface area contributed by atoms with Gasteiger partial charge in [0.1, 0.15) is 17.0 Å². The van der Waals surface area contributed by atoms with Gasteiger partial charge >= 0.3 is 0 Å². The zero-order valence-corrected chi connectivity index (χ0v) is 14.8. The number of carbonyl (C=O) groups excluding carboxylic acids is 2. The molecule has 6 heteroatoms. The fraction of sp³-hybridized carbons (Fsp3) is 0.190. The van der Waals surface area contributed by atoms with Gasteiger partial charge in [0.15, 0.2) is 0 Å². The molecule has 3 aromatic rings. The normalized spacial score (nSPS) is 16.7. The van der Waals surface area contributed by atoms with Crippen LogP contribution in [-0.4, -0.2) is 29.4 Å². The van der Waals surface area contributed by atoms with Gasteiger partial charge in [-0.1, -0.05) is 30.3 Å². The van der Waals surface area contributed by atoms with E-state index in [-0.39, 0.29) is 29.6 Å². The number of amides is 2. The van der Waals surface area contributed by atoms with Crippen LogP contribution in [-0.2, 0) is 4.79 Å². The van der Waals surface area contributed by atoms with Gasteiger partial charge in [0.2, 0.25) is 5.91 Å². The predicted octanol–water partition coefficient (Wildman–Crippen LogP) is 3.22. The minimum absolute atomic E-state index is 0.0385. The first-order valence-corrected chi connectivity index (χ1v) is 8.74. The number of halogens is 1. The Balaban J connectivity index is 1.50. The van der Waals surface area contributed by atoms with E-state index in [0.717, 1.165) is 11.3 Å². The Labute approximate surface area is 155 Å². The van der Waals surface area contributed by atoms with E-state index >= 15 is 0 Å². The Hall–Kier alpha value is -3.28. The van der Waals surface area contributed by atoms with E-state index in [1.807, 2.05) is 31.2 Å². The third-order valence-electron chi connectivity index (χ3n) is 4.68. The fourth-order valence-corrected chi connectivity index (χ4v) is 3.35. The molecule has 1 atom stereocenters. The molecule has 0 aliphatic carbocycles. The fourth-order valence-electron chi connectivity index (χ4n) is 3.35. The minimum atomic E-state index is -0.469. The number of pyridine rings is 1. The summed E-state index contributed by atoms with van der Waals surface area (Å²) >= 11 is 0. The van der Waals surface area contributed by atoms with Crippen LogP contribution in [0.2, 0.25) is 0 Å². The van der Waals surface area contributed by atoms with Gasteiger partial charge in [-0.3, -0.25) is 9.59 Å². The summed E-state index contributed by atoms with van der Waals surface area (Å²) in [6.07, 6.45) is 0.224. The largest absolute Gasteiger partial charge is 0.346 e. The number of carbonyl (C=O) groups is 2. The third kappa shape index (κ3) is 3.38. The monoisotopic (exact) mass is 363 g/mol. The number of benzene rings is 2. The van der Waals surface area contributed by atoms with Crippen molar-refractivity contribution in [2.45, 2.75) is 19.4 Å². The summed E-state index contributed by atoms with van der Waals surface area (Å²) in [5.41, 5.74) is 2.18. The average Bonchev–Trinajstić information content (AvgIpc) is 3.02. The molecule has 4 rings (SSSR count). The minimum Gasteiger partial charge on any atom is -0.346 e. The summed E-state index contributed by atoms with van der Waals surface area (Å²) in [4.78, 5) is 30.7. The van der Waals surface area contributed by atoms with Gasteiger partial charge in [-0.25, -0.2) is 9.37 Å². The topological polar surface area (TPSA) is 62.3 Å². The molecule has 0 spiro atoms. The summed E-state index contributed by atoms with van der Waals surface area (Å²) in [5.74, 6) is -0.920. The molecule has 5 nitrogen and oxygen atoms in total. The summed E-state index contributed by atoms with van der Waals surface area (Å²) in [5, 5.41) is 3.47. The van der Waals surface area contributed by atoms with E-state index in [2.05, 4.69) is 10.3 Å². The molecule has 0 radical (unpaired) electrons. The van der Waals surface area contributed by atoms with Crippen LogP contribution in [0.3, 0.4) is 0 Å². The van der Waals surface area contributed by atoms with Gasteiger partial charge < -0.3 is 10.2 Å². The van der Waals surface area contributed by atoms with Gasteiger partial charge in [-0.15, -0.1) is 0 Å². The van der Waals surface area contributed by atoms with Crippen LogP contribution < -0.4 is 10.2 Å². The Morgan fingerprint density at radius 2 is 2.00 bits per heavy atom. The summed E-state index contributed by atoms with van der Waals surface area (Å²) in [7, 11) is 0. The number of anilines is 1. The smallest absolute Gasteiger partial charge is 0.270 e. The lowest BCUT2D eigenvalue weighted by molar-refractivity contribution is -0.117. The van der Waals surface area contributed by atoms with Crippen molar-refractivity contribution in [1.29, 1.82) is 0 Å². The predicted molar refractivity (Wildman–Crippen MR) is 101 cm³/mol. The molecule has 2 heterocycles. The van der Waals surface area contributed by atoms with Crippen LogP contribution in [0, 0.1) is 12.7 Å². The molecule has 27 heavy (non-hydrogen) atoms. The number of para-hydroxylation sites is 1. The zero-order chi connectivity index (χ0) is 19.0. The molecular formula is C21H18FN3O2. The second kappa shape index (κ2) is 6.79. The highest BCUT2D eigenvalue weighted by Crippen LogP contribution is 2.23. The number of nitrogens with one attached hydrogen (secondary N) is 1. The maximum atomic E-state index is 13.9. The van der Waals surface area contributed by atoms with Crippen molar-refractivity contribution >= 4 is 28.4 Å². The van der Waals surface area contributed by atoms with Crippen molar-refractivity contribution < 1.29 is 14.0 Å². The summed E-state index contributed by atoms with van der Waals surface area (Å²) in [6.45, 7) is 2.36. The van der Waals surface area contributed by atoms with E-state index in [4.69, 9.17) is 0 Å². The first-order valence-electron chi connectivity index (χ1n) is 8.74. The quantitative estimate of drug-likeness (QED) is 0.777. The van der Waals surface area contributed by atoms with Crippen molar-refractivity contribution in [3.63, 3.8) is 0 Å². The van der Waals surface area contributed by atoms with E-state index in [1.165, 1.54) is 6.07 Å². The highest BCUT2D eigenvalue weighted by Gasteiger charge is 2.32. The number of aromatic nitrogens is 1. The lowest BCUT2D eigenvalue weighted by Gasteiger charge is -2.17. The Kier molecular flexibility index (Phi) is 4.32. The molecule has 1 N–H and O–H groups in total. The molecule has 1 aromatic heterocycles. The Bertz CT molecular complexity index is 1050. The molecule has 136 valence electrons. The number of aryl methyl sites for hydroxylation is 1. The maximum Gasteiger partial charge on any atom is 0.270 e.